The summed E-state index contributed by atoms with van der Waals surface area (Å²) in [7, 11) is 0. The second kappa shape index (κ2) is 5.27. The summed E-state index contributed by atoms with van der Waals surface area (Å²) in [6.45, 7) is 1.51. The van der Waals surface area contributed by atoms with Crippen LogP contribution in [0.3, 0.4) is 0 Å². The van der Waals surface area contributed by atoms with E-state index in [1.165, 1.54) is 11.3 Å². The Morgan fingerprint density at radius 3 is 3.12 bits per heavy atom. The van der Waals surface area contributed by atoms with Crippen molar-refractivity contribution in [2.24, 2.45) is 5.16 Å². The third-order valence-corrected chi connectivity index (χ3v) is 2.60. The van der Waals surface area contributed by atoms with E-state index in [0.29, 0.717) is 17.0 Å². The number of hydrogen-bond acceptors (Lipinski definition) is 7. The zero-order chi connectivity index (χ0) is 12.9. The van der Waals surface area contributed by atoms with E-state index in [1.54, 1.807) is 12.3 Å². The second-order valence-corrected chi connectivity index (χ2v) is 4.25. The molecule has 1 aromatic rings. The van der Waals surface area contributed by atoms with Crippen molar-refractivity contribution in [3.63, 3.8) is 0 Å². The molecule has 0 aliphatic rings. The Morgan fingerprint density at radius 1 is 1.94 bits per heavy atom. The van der Waals surface area contributed by atoms with Gasteiger partial charge >= 0.3 is 5.97 Å². The molecule has 0 amide bonds. The molecule has 0 spiro atoms. The molecule has 0 aliphatic carbocycles. The number of anilines is 1. The Bertz CT molecular complexity index is 479. The van der Waals surface area contributed by atoms with Gasteiger partial charge in [-0.15, -0.1) is 11.3 Å². The number of aliphatic carboxylic acids is 1. The molecule has 8 heteroatoms. The minimum absolute atomic E-state index is 0.101. The SMILES string of the molecule is CC(C#N)(CO/N=C/C(=O)O)c1csc(N)n1. The van der Waals surface area contributed by atoms with E-state index in [4.69, 9.17) is 20.9 Å². The van der Waals surface area contributed by atoms with E-state index in [0.717, 1.165) is 0 Å². The van der Waals surface area contributed by atoms with Crippen molar-refractivity contribution in [3.05, 3.63) is 11.1 Å². The molecule has 0 aliphatic heterocycles. The lowest BCUT2D eigenvalue weighted by molar-refractivity contribution is -0.129. The minimum Gasteiger partial charge on any atom is -0.477 e. The predicted molar refractivity (Wildman–Crippen MR) is 61.6 cm³/mol. The van der Waals surface area contributed by atoms with Gasteiger partial charge in [0.1, 0.15) is 12.0 Å². The van der Waals surface area contributed by atoms with Crippen LogP contribution in [0.1, 0.15) is 12.6 Å². The van der Waals surface area contributed by atoms with Gasteiger partial charge in [0.05, 0.1) is 11.8 Å². The van der Waals surface area contributed by atoms with Crippen LogP contribution in [0.4, 0.5) is 5.13 Å². The topological polar surface area (TPSA) is 122 Å². The first-order valence-corrected chi connectivity index (χ1v) is 5.37. The molecule has 0 saturated carbocycles. The first kappa shape index (κ1) is 12.9. The van der Waals surface area contributed by atoms with Gasteiger partial charge in [0, 0.05) is 5.38 Å². The molecule has 1 rings (SSSR count). The molecule has 3 N–H and O–H groups in total. The van der Waals surface area contributed by atoms with E-state index in [1.807, 2.05) is 6.07 Å². The maximum Gasteiger partial charge on any atom is 0.350 e. The first-order chi connectivity index (χ1) is 7.98. The number of carboxylic acid groups (broad SMARTS) is 1. The van der Waals surface area contributed by atoms with Gasteiger partial charge in [-0.25, -0.2) is 9.78 Å². The molecular weight excluding hydrogens is 244 g/mol. The summed E-state index contributed by atoms with van der Waals surface area (Å²) in [6, 6.07) is 2.04. The average molecular weight is 254 g/mol. The highest BCUT2D eigenvalue weighted by Crippen LogP contribution is 2.26. The van der Waals surface area contributed by atoms with Crippen molar-refractivity contribution in [1.29, 1.82) is 5.26 Å². The molecule has 17 heavy (non-hydrogen) atoms. The molecule has 90 valence electrons. The molecule has 1 aromatic heterocycles. The monoisotopic (exact) mass is 254 g/mol. The number of rotatable bonds is 5. The molecule has 0 aromatic carbocycles. The number of nitriles is 1. The van der Waals surface area contributed by atoms with Gasteiger partial charge in [-0.2, -0.15) is 5.26 Å². The number of oxime groups is 1. The summed E-state index contributed by atoms with van der Waals surface area (Å²) in [5, 5.41) is 22.6. The number of hydrogen-bond donors (Lipinski definition) is 2. The summed E-state index contributed by atoms with van der Waals surface area (Å²) in [5.74, 6) is -1.22. The number of thiazole rings is 1. The van der Waals surface area contributed by atoms with Crippen LogP contribution >= 0.6 is 11.3 Å². The van der Waals surface area contributed by atoms with Crippen LogP contribution in [0, 0.1) is 11.3 Å². The van der Waals surface area contributed by atoms with Gasteiger partial charge in [0.15, 0.2) is 11.3 Å². The Hall–Kier alpha value is -2.14. The lowest BCUT2D eigenvalue weighted by Crippen LogP contribution is -2.26. The fourth-order valence-electron chi connectivity index (χ4n) is 0.953. The summed E-state index contributed by atoms with van der Waals surface area (Å²) >= 11 is 1.22. The Kier molecular flexibility index (Phi) is 4.01. The van der Waals surface area contributed by atoms with Crippen LogP contribution in [0.15, 0.2) is 10.5 Å². The van der Waals surface area contributed by atoms with Crippen molar-refractivity contribution in [3.8, 4) is 6.07 Å². The molecule has 1 atom stereocenters. The van der Waals surface area contributed by atoms with E-state index < -0.39 is 11.4 Å². The van der Waals surface area contributed by atoms with Gasteiger partial charge in [-0.3, -0.25) is 0 Å². The summed E-state index contributed by atoms with van der Waals surface area (Å²) in [4.78, 5) is 18.9. The van der Waals surface area contributed by atoms with Crippen LogP contribution in [0.25, 0.3) is 0 Å². The highest BCUT2D eigenvalue weighted by molar-refractivity contribution is 7.13. The third kappa shape index (κ3) is 3.42. The molecule has 7 nitrogen and oxygen atoms in total. The minimum atomic E-state index is -1.22. The largest absolute Gasteiger partial charge is 0.477 e. The van der Waals surface area contributed by atoms with E-state index in [2.05, 4.69) is 10.1 Å². The van der Waals surface area contributed by atoms with Crippen LogP contribution in [-0.2, 0) is 15.0 Å². The van der Waals surface area contributed by atoms with Crippen LogP contribution in [0.2, 0.25) is 0 Å². The van der Waals surface area contributed by atoms with Gasteiger partial charge in [-0.1, -0.05) is 5.16 Å². The fraction of sp³-hybridized carbons (Fsp3) is 0.333. The first-order valence-electron chi connectivity index (χ1n) is 4.49. The maximum absolute atomic E-state index is 10.1. The van der Waals surface area contributed by atoms with Crippen molar-refractivity contribution in [2.75, 3.05) is 12.3 Å². The van der Waals surface area contributed by atoms with E-state index >= 15 is 0 Å². The van der Waals surface area contributed by atoms with Gasteiger partial charge in [0.25, 0.3) is 0 Å². The summed E-state index contributed by atoms with van der Waals surface area (Å²) in [5.41, 5.74) is 4.94. The molecular formula is C9H10N4O3S. The van der Waals surface area contributed by atoms with Crippen LogP contribution in [0.5, 0.6) is 0 Å². The maximum atomic E-state index is 10.1. The summed E-state index contributed by atoms with van der Waals surface area (Å²) in [6.07, 6.45) is 0.604. The highest BCUT2D eigenvalue weighted by Gasteiger charge is 2.30. The zero-order valence-electron chi connectivity index (χ0n) is 8.95. The van der Waals surface area contributed by atoms with Crippen LogP contribution in [-0.4, -0.2) is 28.9 Å². The molecule has 0 fully saturated rings. The average Bonchev–Trinajstić information content (AvgIpc) is 2.71. The van der Waals surface area contributed by atoms with E-state index in [9.17, 15) is 4.79 Å². The molecule has 1 unspecified atom stereocenters. The Morgan fingerprint density at radius 2 is 2.65 bits per heavy atom. The third-order valence-electron chi connectivity index (χ3n) is 1.92. The smallest absolute Gasteiger partial charge is 0.350 e. The predicted octanol–water partition coefficient (Wildman–Crippen LogP) is 0.594. The number of nitrogen functional groups attached to an aromatic ring is 1. The quantitative estimate of drug-likeness (QED) is 0.586. The number of nitrogens with zero attached hydrogens (tertiary/aromatic N) is 3. The normalized spacial score (nSPS) is 14.1. The number of aromatic nitrogens is 1. The number of carboxylic acids is 1. The molecule has 1 heterocycles. The molecule has 0 saturated heterocycles. The highest BCUT2D eigenvalue weighted by atomic mass is 32.1. The van der Waals surface area contributed by atoms with Crippen molar-refractivity contribution < 1.29 is 14.7 Å². The van der Waals surface area contributed by atoms with Crippen molar-refractivity contribution in [1.82, 2.24) is 4.98 Å². The standard InChI is InChI=1S/C9H10N4O3S/c1-9(4-10,5-16-12-2-7(14)15)6-3-17-8(11)13-6/h2-3H,5H2,1H3,(H2,11,13)(H,14,15)/b12-2+. The van der Waals surface area contributed by atoms with Gasteiger partial charge in [-0.05, 0) is 6.92 Å². The lowest BCUT2D eigenvalue weighted by atomic mass is 9.91. The number of nitrogens with two attached hydrogens (primary N) is 1. The molecule has 0 bridgehead atoms. The van der Waals surface area contributed by atoms with Gasteiger partial charge < -0.3 is 15.7 Å². The zero-order valence-corrected chi connectivity index (χ0v) is 9.77. The number of carbonyl (C=O) groups is 1. The molecule has 0 radical (unpaired) electrons. The lowest BCUT2D eigenvalue weighted by Gasteiger charge is -2.16. The Balaban J connectivity index is 2.71. The van der Waals surface area contributed by atoms with Crippen LogP contribution < -0.4 is 5.73 Å². The second-order valence-electron chi connectivity index (χ2n) is 3.36. The van der Waals surface area contributed by atoms with Gasteiger partial charge in [0.2, 0.25) is 0 Å². The van der Waals surface area contributed by atoms with E-state index in [-0.39, 0.29) is 6.61 Å². The summed E-state index contributed by atoms with van der Waals surface area (Å²) < 4.78 is 0. The fourth-order valence-corrected chi connectivity index (χ4v) is 1.65. The van der Waals surface area contributed by atoms with Crippen molar-refractivity contribution >= 4 is 28.7 Å². The Labute approximate surface area is 101 Å². The van der Waals surface area contributed by atoms with Crippen molar-refractivity contribution in [2.45, 2.75) is 12.3 Å².